The van der Waals surface area contributed by atoms with E-state index in [0.29, 0.717) is 38.0 Å². The summed E-state index contributed by atoms with van der Waals surface area (Å²) < 4.78 is 5.49. The molecule has 3 heterocycles. The van der Waals surface area contributed by atoms with Crippen LogP contribution in [0.2, 0.25) is 0 Å². The number of para-hydroxylation sites is 1. The predicted octanol–water partition coefficient (Wildman–Crippen LogP) is 2.38. The molecule has 0 aliphatic carbocycles. The van der Waals surface area contributed by atoms with Crippen molar-refractivity contribution in [2.75, 3.05) is 24.5 Å². The van der Waals surface area contributed by atoms with E-state index < -0.39 is 6.10 Å². The Morgan fingerprint density at radius 3 is 2.82 bits per heavy atom. The van der Waals surface area contributed by atoms with E-state index in [0.717, 1.165) is 12.0 Å². The predicted molar refractivity (Wildman–Crippen MR) is 114 cm³/mol. The average molecular weight is 428 g/mol. The molecule has 3 unspecified atom stereocenters. The van der Waals surface area contributed by atoms with Gasteiger partial charge in [-0.05, 0) is 31.0 Å². The number of rotatable bonds is 5. The zero-order valence-corrected chi connectivity index (χ0v) is 17.4. The molecule has 3 N–H and O–H groups in total. The highest BCUT2D eigenvalue weighted by atomic mass is 35.5. The van der Waals surface area contributed by atoms with Crippen LogP contribution < -0.4 is 15.5 Å². The zero-order chi connectivity index (χ0) is 18.1. The van der Waals surface area contributed by atoms with Crippen molar-refractivity contribution >= 4 is 36.4 Å². The van der Waals surface area contributed by atoms with Crippen LogP contribution in [0.1, 0.15) is 28.6 Å². The first-order valence-corrected chi connectivity index (χ1v) is 9.21. The lowest BCUT2D eigenvalue weighted by Crippen LogP contribution is -2.35. The minimum atomic E-state index is -0.409. The second kappa shape index (κ2) is 9.65. The van der Waals surface area contributed by atoms with Gasteiger partial charge in [-0.15, -0.1) is 24.8 Å². The van der Waals surface area contributed by atoms with Crippen LogP contribution in [0.15, 0.2) is 41.0 Å². The van der Waals surface area contributed by atoms with Crippen molar-refractivity contribution in [3.8, 4) is 0 Å². The molecular formula is C20H27Cl2N3O3. The number of hydrogen-bond acceptors (Lipinski definition) is 5. The lowest BCUT2D eigenvalue weighted by atomic mass is 10.1. The van der Waals surface area contributed by atoms with Gasteiger partial charge < -0.3 is 25.1 Å². The molecule has 8 heteroatoms. The first kappa shape index (κ1) is 22.6. The zero-order valence-electron chi connectivity index (χ0n) is 15.8. The molecule has 3 atom stereocenters. The topological polar surface area (TPSA) is 77.7 Å². The van der Waals surface area contributed by atoms with Crippen LogP contribution in [-0.4, -0.2) is 42.8 Å². The van der Waals surface area contributed by atoms with E-state index in [2.05, 4.69) is 40.7 Å². The Balaban J connectivity index is 0.00000140. The van der Waals surface area contributed by atoms with Crippen LogP contribution in [0.5, 0.6) is 0 Å². The first-order valence-electron chi connectivity index (χ1n) is 9.21. The van der Waals surface area contributed by atoms with Crippen LogP contribution >= 0.6 is 24.8 Å². The SMILES string of the molecule is CC1Cc2ccccc2N1Cc1ccoc1C(=O)NCC1CNCC1O.Cl.Cl. The van der Waals surface area contributed by atoms with Gasteiger partial charge in [0.05, 0.1) is 12.4 Å². The number of halogens is 2. The molecule has 1 aromatic heterocycles. The number of hydrogen-bond donors (Lipinski definition) is 3. The van der Waals surface area contributed by atoms with Gasteiger partial charge in [0.25, 0.3) is 5.91 Å². The highest BCUT2D eigenvalue weighted by molar-refractivity contribution is 5.93. The molecule has 1 amide bonds. The number of nitrogens with one attached hydrogen (secondary N) is 2. The molecule has 0 radical (unpaired) electrons. The molecule has 2 aromatic rings. The van der Waals surface area contributed by atoms with Crippen LogP contribution in [0.3, 0.4) is 0 Å². The Morgan fingerprint density at radius 1 is 1.29 bits per heavy atom. The summed E-state index contributed by atoms with van der Waals surface area (Å²) in [5.41, 5.74) is 3.46. The maximum absolute atomic E-state index is 12.6. The van der Waals surface area contributed by atoms with E-state index in [-0.39, 0.29) is 36.6 Å². The van der Waals surface area contributed by atoms with Gasteiger partial charge in [0.2, 0.25) is 0 Å². The van der Waals surface area contributed by atoms with E-state index in [1.807, 2.05) is 12.1 Å². The maximum Gasteiger partial charge on any atom is 0.287 e. The third kappa shape index (κ3) is 4.46. The van der Waals surface area contributed by atoms with Gasteiger partial charge in [0.1, 0.15) is 0 Å². The number of benzene rings is 1. The monoisotopic (exact) mass is 427 g/mol. The largest absolute Gasteiger partial charge is 0.459 e. The van der Waals surface area contributed by atoms with Crippen LogP contribution in [0.4, 0.5) is 5.69 Å². The molecule has 2 aliphatic rings. The van der Waals surface area contributed by atoms with Crippen molar-refractivity contribution in [1.82, 2.24) is 10.6 Å². The minimum Gasteiger partial charge on any atom is -0.459 e. The minimum absolute atomic E-state index is 0. The van der Waals surface area contributed by atoms with Gasteiger partial charge in [0.15, 0.2) is 5.76 Å². The maximum atomic E-state index is 12.6. The van der Waals surface area contributed by atoms with Crippen LogP contribution in [0.25, 0.3) is 0 Å². The second-order valence-corrected chi connectivity index (χ2v) is 7.28. The summed E-state index contributed by atoms with van der Waals surface area (Å²) in [5.74, 6) is 0.189. The smallest absolute Gasteiger partial charge is 0.287 e. The Kier molecular flexibility index (Phi) is 7.78. The molecule has 1 fully saturated rings. The van der Waals surface area contributed by atoms with Gasteiger partial charge in [-0.1, -0.05) is 18.2 Å². The number of fused-ring (bicyclic) bond motifs is 1. The summed E-state index contributed by atoms with van der Waals surface area (Å²) in [7, 11) is 0. The summed E-state index contributed by atoms with van der Waals surface area (Å²) >= 11 is 0. The molecule has 0 bridgehead atoms. The fraction of sp³-hybridized carbons (Fsp3) is 0.450. The quantitative estimate of drug-likeness (QED) is 0.682. The number of anilines is 1. The summed E-state index contributed by atoms with van der Waals surface area (Å²) in [4.78, 5) is 14.9. The first-order chi connectivity index (χ1) is 12.6. The molecule has 28 heavy (non-hydrogen) atoms. The highest BCUT2D eigenvalue weighted by Gasteiger charge is 2.29. The van der Waals surface area contributed by atoms with Gasteiger partial charge >= 0.3 is 0 Å². The number of amides is 1. The lowest BCUT2D eigenvalue weighted by Gasteiger charge is -2.24. The number of nitrogens with zero attached hydrogens (tertiary/aromatic N) is 1. The number of carbonyl (C=O) groups excluding carboxylic acids is 1. The Hall–Kier alpha value is -1.73. The van der Waals surface area contributed by atoms with Gasteiger partial charge in [-0.3, -0.25) is 4.79 Å². The van der Waals surface area contributed by atoms with Crippen molar-refractivity contribution in [1.29, 1.82) is 0 Å². The number of aliphatic hydroxyl groups excluding tert-OH is 1. The van der Waals surface area contributed by atoms with Crippen molar-refractivity contribution in [2.24, 2.45) is 5.92 Å². The van der Waals surface area contributed by atoms with Gasteiger partial charge in [-0.2, -0.15) is 0 Å². The molecule has 6 nitrogen and oxygen atoms in total. The number of furan rings is 1. The third-order valence-corrected chi connectivity index (χ3v) is 5.47. The number of aliphatic hydroxyl groups is 1. The number of carbonyl (C=O) groups is 1. The molecule has 2 aliphatic heterocycles. The van der Waals surface area contributed by atoms with Gasteiger partial charge in [-0.25, -0.2) is 0 Å². The van der Waals surface area contributed by atoms with E-state index >= 15 is 0 Å². The third-order valence-electron chi connectivity index (χ3n) is 5.47. The van der Waals surface area contributed by atoms with E-state index in [1.54, 1.807) is 6.26 Å². The van der Waals surface area contributed by atoms with Crippen LogP contribution in [-0.2, 0) is 13.0 Å². The van der Waals surface area contributed by atoms with Crippen molar-refractivity contribution in [3.05, 3.63) is 53.5 Å². The fourth-order valence-corrected chi connectivity index (χ4v) is 3.95. The molecule has 4 rings (SSSR count). The molecule has 1 saturated heterocycles. The van der Waals surface area contributed by atoms with E-state index in [4.69, 9.17) is 4.42 Å². The number of β-amino-alcohol motifs (C(OH)–C–C–N with tert-alkyl or cyclic N) is 1. The highest BCUT2D eigenvalue weighted by Crippen LogP contribution is 2.33. The van der Waals surface area contributed by atoms with Gasteiger partial charge in [0, 0.05) is 49.4 Å². The van der Waals surface area contributed by atoms with E-state index in [9.17, 15) is 9.90 Å². The Labute approximate surface area is 177 Å². The fourth-order valence-electron chi connectivity index (χ4n) is 3.95. The summed E-state index contributed by atoms with van der Waals surface area (Å²) in [6.07, 6.45) is 2.18. The molecule has 154 valence electrons. The lowest BCUT2D eigenvalue weighted by molar-refractivity contribution is 0.0898. The summed E-state index contributed by atoms with van der Waals surface area (Å²) in [5, 5.41) is 15.9. The molecule has 1 aromatic carbocycles. The normalized spacial score (nSPS) is 22.9. The van der Waals surface area contributed by atoms with E-state index in [1.165, 1.54) is 11.3 Å². The Bertz CT molecular complexity index is 799. The average Bonchev–Trinajstić information content (AvgIpc) is 3.33. The van der Waals surface area contributed by atoms with Crippen molar-refractivity contribution in [2.45, 2.75) is 32.0 Å². The molecule has 0 saturated carbocycles. The Morgan fingerprint density at radius 2 is 2.07 bits per heavy atom. The second-order valence-electron chi connectivity index (χ2n) is 7.28. The summed E-state index contributed by atoms with van der Waals surface area (Å²) in [6, 6.07) is 10.7. The summed E-state index contributed by atoms with van der Waals surface area (Å²) in [6.45, 7) is 4.59. The van der Waals surface area contributed by atoms with Crippen molar-refractivity contribution in [3.63, 3.8) is 0 Å². The van der Waals surface area contributed by atoms with Crippen molar-refractivity contribution < 1.29 is 14.3 Å². The standard InChI is InChI=1S/C20H25N3O3.2ClH/c1-13-8-14-4-2-3-5-17(14)23(13)12-15-6-7-26-19(15)20(25)22-10-16-9-21-11-18(16)24;;/h2-7,13,16,18,21,24H,8-12H2,1H3,(H,22,25);2*1H. The molecule has 0 spiro atoms. The molecular weight excluding hydrogens is 401 g/mol. The van der Waals surface area contributed by atoms with Crippen LogP contribution in [0, 0.1) is 5.92 Å².